The molecule has 46 heavy (non-hydrogen) atoms. The van der Waals surface area contributed by atoms with Crippen LogP contribution in [0.1, 0.15) is 133 Å². The Labute approximate surface area is 280 Å². The van der Waals surface area contributed by atoms with Gasteiger partial charge in [-0.15, -0.1) is 0 Å². The molecule has 4 aromatic rings. The average molecular weight is 619 g/mol. The average Bonchev–Trinajstić information content (AvgIpc) is 3.53. The van der Waals surface area contributed by atoms with E-state index in [1.165, 1.54) is 106 Å². The summed E-state index contributed by atoms with van der Waals surface area (Å²) >= 11 is 0. The van der Waals surface area contributed by atoms with Gasteiger partial charge in [-0.1, -0.05) is 146 Å². The van der Waals surface area contributed by atoms with E-state index in [1.807, 2.05) is 0 Å². The van der Waals surface area contributed by atoms with Crippen LogP contribution in [0, 0.1) is 0 Å². The molecule has 3 aromatic carbocycles. The molecule has 0 bridgehead atoms. The predicted molar refractivity (Wildman–Crippen MR) is 199 cm³/mol. The van der Waals surface area contributed by atoms with Crippen molar-refractivity contribution < 1.29 is 4.74 Å². The number of rotatable bonds is 22. The maximum atomic E-state index is 6.07. The van der Waals surface area contributed by atoms with Crippen LogP contribution in [0.15, 0.2) is 78.9 Å². The second-order valence-corrected chi connectivity index (χ2v) is 12.9. The molecule has 1 aromatic heterocycles. The van der Waals surface area contributed by atoms with Crippen LogP contribution < -0.4 is 4.74 Å². The topological polar surface area (TPSA) is 27.1 Å². The van der Waals surface area contributed by atoms with Gasteiger partial charge in [0, 0.05) is 5.56 Å². The van der Waals surface area contributed by atoms with Gasteiger partial charge in [-0.3, -0.25) is 0 Å². The molecule has 0 aliphatic heterocycles. The Balaban J connectivity index is 1.47. The second kappa shape index (κ2) is 20.5. The van der Waals surface area contributed by atoms with Gasteiger partial charge in [-0.25, -0.2) is 4.68 Å². The van der Waals surface area contributed by atoms with Gasteiger partial charge in [-0.05, 0) is 85.2 Å². The lowest BCUT2D eigenvalue weighted by Crippen LogP contribution is -2.01. The van der Waals surface area contributed by atoms with Crippen molar-refractivity contribution in [1.29, 1.82) is 0 Å². The monoisotopic (exact) mass is 618 g/mol. The van der Waals surface area contributed by atoms with Crippen molar-refractivity contribution in [3.8, 4) is 22.7 Å². The third kappa shape index (κ3) is 12.0. The zero-order valence-corrected chi connectivity index (χ0v) is 29.0. The molecule has 246 valence electrons. The Hall–Kier alpha value is -3.59. The molecule has 0 fully saturated rings. The number of nitrogens with zero attached hydrogens (tertiary/aromatic N) is 2. The van der Waals surface area contributed by atoms with Crippen LogP contribution in [0.5, 0.6) is 5.75 Å². The van der Waals surface area contributed by atoms with E-state index < -0.39 is 0 Å². The molecule has 0 aliphatic carbocycles. The number of hydrogen-bond acceptors (Lipinski definition) is 2. The van der Waals surface area contributed by atoms with E-state index in [2.05, 4.69) is 116 Å². The Morgan fingerprint density at radius 2 is 1.11 bits per heavy atom. The summed E-state index contributed by atoms with van der Waals surface area (Å²) < 4.78 is 8.15. The lowest BCUT2D eigenvalue weighted by Gasteiger charge is -2.10. The normalized spacial score (nSPS) is 11.5. The summed E-state index contributed by atoms with van der Waals surface area (Å²) in [5, 5.41) is 5.07. The smallest absolute Gasteiger partial charge is 0.119 e. The van der Waals surface area contributed by atoms with Crippen molar-refractivity contribution in [2.75, 3.05) is 6.61 Å². The quantitative estimate of drug-likeness (QED) is 0.0819. The first-order chi connectivity index (χ1) is 22.7. The van der Waals surface area contributed by atoms with E-state index >= 15 is 0 Å². The summed E-state index contributed by atoms with van der Waals surface area (Å²) in [5.41, 5.74) is 8.30. The zero-order chi connectivity index (χ0) is 32.2. The van der Waals surface area contributed by atoms with E-state index in [4.69, 9.17) is 9.84 Å². The highest BCUT2D eigenvalue weighted by molar-refractivity contribution is 5.72. The van der Waals surface area contributed by atoms with Gasteiger partial charge in [0.15, 0.2) is 0 Å². The van der Waals surface area contributed by atoms with Gasteiger partial charge in [0.1, 0.15) is 5.75 Å². The highest BCUT2D eigenvalue weighted by Gasteiger charge is 2.12. The van der Waals surface area contributed by atoms with Crippen molar-refractivity contribution in [2.45, 2.75) is 124 Å². The molecule has 0 spiro atoms. The Morgan fingerprint density at radius 1 is 0.565 bits per heavy atom. The molecule has 3 nitrogen and oxygen atoms in total. The largest absolute Gasteiger partial charge is 0.494 e. The molecule has 0 amide bonds. The first-order valence-electron chi connectivity index (χ1n) is 18.4. The van der Waals surface area contributed by atoms with Crippen LogP contribution in [-0.4, -0.2) is 16.4 Å². The van der Waals surface area contributed by atoms with Gasteiger partial charge in [0.2, 0.25) is 0 Å². The lowest BCUT2D eigenvalue weighted by molar-refractivity contribution is 0.304. The summed E-state index contributed by atoms with van der Waals surface area (Å²) in [6.45, 7) is 7.57. The number of hydrogen-bond donors (Lipinski definition) is 0. The first kappa shape index (κ1) is 35.3. The van der Waals surface area contributed by atoms with Gasteiger partial charge in [0.25, 0.3) is 0 Å². The summed E-state index contributed by atoms with van der Waals surface area (Å²) in [5.74, 6) is 0.923. The van der Waals surface area contributed by atoms with Crippen molar-refractivity contribution in [3.05, 3.63) is 101 Å². The SMILES string of the molecule is CCCCCCCCOc1ccc(-n2nc(C=Cc3ccc(CCCCCC)cc3)cc2-c2ccc(CCCCCC)cc2)cc1. The summed E-state index contributed by atoms with van der Waals surface area (Å²) in [7, 11) is 0. The third-order valence-electron chi connectivity index (χ3n) is 8.89. The molecule has 3 heteroatoms. The fourth-order valence-electron chi connectivity index (χ4n) is 5.97. The highest BCUT2D eigenvalue weighted by atomic mass is 16.5. The van der Waals surface area contributed by atoms with Crippen LogP contribution in [0.2, 0.25) is 0 Å². The molecular formula is C43H58N2O. The van der Waals surface area contributed by atoms with Gasteiger partial charge in [-0.2, -0.15) is 5.10 Å². The molecule has 0 unspecified atom stereocenters. The molecule has 4 rings (SSSR count). The Kier molecular flexibility index (Phi) is 15.7. The molecule has 0 N–H and O–H groups in total. The van der Waals surface area contributed by atoms with Gasteiger partial charge >= 0.3 is 0 Å². The number of aryl methyl sites for hydroxylation is 2. The molecule has 0 saturated heterocycles. The molecule has 0 atom stereocenters. The van der Waals surface area contributed by atoms with Crippen LogP contribution in [0.4, 0.5) is 0 Å². The van der Waals surface area contributed by atoms with E-state index in [9.17, 15) is 0 Å². The maximum absolute atomic E-state index is 6.07. The maximum Gasteiger partial charge on any atom is 0.119 e. The molecule has 0 radical (unpaired) electrons. The van der Waals surface area contributed by atoms with E-state index in [-0.39, 0.29) is 0 Å². The number of aromatic nitrogens is 2. The first-order valence-corrected chi connectivity index (χ1v) is 18.4. The summed E-state index contributed by atoms with van der Waals surface area (Å²) in [6.07, 6.45) is 24.6. The fourth-order valence-corrected chi connectivity index (χ4v) is 5.97. The van der Waals surface area contributed by atoms with Gasteiger partial charge in [0.05, 0.1) is 23.7 Å². The number of unbranched alkanes of at least 4 members (excludes halogenated alkanes) is 11. The second-order valence-electron chi connectivity index (χ2n) is 12.9. The highest BCUT2D eigenvalue weighted by Crippen LogP contribution is 2.27. The van der Waals surface area contributed by atoms with Crippen LogP contribution >= 0.6 is 0 Å². The molecule has 0 saturated carbocycles. The summed E-state index contributed by atoms with van der Waals surface area (Å²) in [4.78, 5) is 0. The minimum atomic E-state index is 0.776. The van der Waals surface area contributed by atoms with Crippen LogP contribution in [0.25, 0.3) is 29.1 Å². The molecule has 1 heterocycles. The molecule has 0 aliphatic rings. The number of benzene rings is 3. The predicted octanol–water partition coefficient (Wildman–Crippen LogP) is 12.7. The minimum Gasteiger partial charge on any atom is -0.494 e. The van der Waals surface area contributed by atoms with Crippen LogP contribution in [0.3, 0.4) is 0 Å². The van der Waals surface area contributed by atoms with Crippen molar-refractivity contribution in [1.82, 2.24) is 9.78 Å². The fraction of sp³-hybridized carbons (Fsp3) is 0.465. The van der Waals surface area contributed by atoms with Crippen molar-refractivity contribution >= 4 is 12.2 Å². The van der Waals surface area contributed by atoms with E-state index in [0.717, 1.165) is 48.7 Å². The Morgan fingerprint density at radius 3 is 1.72 bits per heavy atom. The Bertz CT molecular complexity index is 1400. The van der Waals surface area contributed by atoms with E-state index in [1.54, 1.807) is 0 Å². The summed E-state index contributed by atoms with van der Waals surface area (Å²) in [6, 6.07) is 28.7. The number of ether oxygens (including phenoxy) is 1. The van der Waals surface area contributed by atoms with E-state index in [0.29, 0.717) is 0 Å². The van der Waals surface area contributed by atoms with Crippen molar-refractivity contribution in [3.63, 3.8) is 0 Å². The van der Waals surface area contributed by atoms with Crippen molar-refractivity contribution in [2.24, 2.45) is 0 Å². The minimum absolute atomic E-state index is 0.776. The third-order valence-corrected chi connectivity index (χ3v) is 8.89. The zero-order valence-electron chi connectivity index (χ0n) is 29.0. The van der Waals surface area contributed by atoms with Gasteiger partial charge < -0.3 is 4.74 Å². The molecular weight excluding hydrogens is 560 g/mol. The standard InChI is InChI=1S/C43H58N2O/c1-4-7-10-13-14-17-34-46-42-32-30-41(31-33-42)45-43(39-27-24-37(25-28-39)19-16-12-9-6-3)35-40(44-45)29-26-38-22-20-36(21-23-38)18-15-11-8-5-2/h20-33,35H,4-19,34H2,1-3H3. The van der Waals surface area contributed by atoms with Crippen LogP contribution in [-0.2, 0) is 12.8 Å². The lowest BCUT2D eigenvalue weighted by atomic mass is 10.0.